The predicted octanol–water partition coefficient (Wildman–Crippen LogP) is 2.76. The summed E-state index contributed by atoms with van der Waals surface area (Å²) in [5.74, 6) is -0.222. The Morgan fingerprint density at radius 2 is 2.00 bits per heavy atom. The topological polar surface area (TPSA) is 102 Å². The van der Waals surface area contributed by atoms with E-state index in [4.69, 9.17) is 0 Å². The molecule has 0 fully saturated rings. The zero-order chi connectivity index (χ0) is 22.9. The molecular weight excluding hydrogens is 418 g/mol. The van der Waals surface area contributed by atoms with Crippen molar-refractivity contribution in [1.82, 2.24) is 24.6 Å². The summed E-state index contributed by atoms with van der Waals surface area (Å²) in [5, 5.41) is 7.73. The van der Waals surface area contributed by atoms with Crippen LogP contribution in [0.5, 0.6) is 0 Å². The molecule has 168 valence electrons. The van der Waals surface area contributed by atoms with Gasteiger partial charge in [0.2, 0.25) is 0 Å². The Balaban J connectivity index is 1.40. The maximum Gasteiger partial charge on any atom is 0.316 e. The van der Waals surface area contributed by atoms with E-state index in [1.54, 1.807) is 25.1 Å². The van der Waals surface area contributed by atoms with Crippen molar-refractivity contribution in [3.63, 3.8) is 0 Å². The molecule has 0 spiro atoms. The molecule has 1 amide bonds. The highest BCUT2D eigenvalue weighted by molar-refractivity contribution is 5.97. The summed E-state index contributed by atoms with van der Waals surface area (Å²) in [6, 6.07) is 15.1. The van der Waals surface area contributed by atoms with Crippen LogP contribution in [-0.2, 0) is 19.5 Å². The Kier molecular flexibility index (Phi) is 5.42. The Labute approximate surface area is 189 Å². The fourth-order valence-electron chi connectivity index (χ4n) is 4.64. The smallest absolute Gasteiger partial charge is 0.316 e. The van der Waals surface area contributed by atoms with Crippen molar-refractivity contribution in [3.05, 3.63) is 97.8 Å². The van der Waals surface area contributed by atoms with Crippen LogP contribution in [0, 0.1) is 0 Å². The van der Waals surface area contributed by atoms with Gasteiger partial charge in [0, 0.05) is 23.4 Å². The molecule has 4 aromatic rings. The molecule has 0 radical (unpaired) electrons. The SMILES string of the molecule is CCn1c(=O)c(=O)[nH]c2cc(C(=O)NC3CCCc4c3cnn4Cc3ccccc3)ccc21. The highest BCUT2D eigenvalue weighted by atomic mass is 16.2. The lowest BCUT2D eigenvalue weighted by molar-refractivity contribution is 0.0932. The molecule has 2 heterocycles. The third-order valence-corrected chi connectivity index (χ3v) is 6.30. The predicted molar refractivity (Wildman–Crippen MR) is 125 cm³/mol. The van der Waals surface area contributed by atoms with Crippen molar-refractivity contribution in [2.45, 2.75) is 45.3 Å². The third-order valence-electron chi connectivity index (χ3n) is 6.30. The number of nitrogens with one attached hydrogen (secondary N) is 2. The first-order valence-electron chi connectivity index (χ1n) is 11.2. The van der Waals surface area contributed by atoms with Gasteiger partial charge in [-0.2, -0.15) is 5.10 Å². The standard InChI is InChI=1S/C25H25N5O3/c1-2-29-22-12-11-17(13-20(22)28-24(32)25(29)33)23(31)27-19-9-6-10-21-18(19)14-26-30(21)15-16-7-4-3-5-8-16/h3-5,7-8,11-14,19H,2,6,9-10,15H2,1H3,(H,27,31)(H,28,32). The molecule has 1 aliphatic carbocycles. The molecule has 33 heavy (non-hydrogen) atoms. The average Bonchev–Trinajstić information content (AvgIpc) is 3.24. The number of rotatable bonds is 5. The van der Waals surface area contributed by atoms with Crippen molar-refractivity contribution in [1.29, 1.82) is 0 Å². The van der Waals surface area contributed by atoms with Crippen LogP contribution in [0.1, 0.15) is 53.0 Å². The monoisotopic (exact) mass is 443 g/mol. The summed E-state index contributed by atoms with van der Waals surface area (Å²) in [4.78, 5) is 39.7. The van der Waals surface area contributed by atoms with Gasteiger partial charge in [-0.25, -0.2) is 0 Å². The van der Waals surface area contributed by atoms with Crippen LogP contribution < -0.4 is 16.4 Å². The summed E-state index contributed by atoms with van der Waals surface area (Å²) in [6.45, 7) is 2.89. The van der Waals surface area contributed by atoms with Gasteiger partial charge >= 0.3 is 11.1 Å². The van der Waals surface area contributed by atoms with Gasteiger partial charge in [0.25, 0.3) is 5.91 Å². The van der Waals surface area contributed by atoms with Crippen LogP contribution in [0.3, 0.4) is 0 Å². The first-order chi connectivity index (χ1) is 16.0. The number of benzene rings is 2. The van der Waals surface area contributed by atoms with Crippen molar-refractivity contribution in [3.8, 4) is 0 Å². The van der Waals surface area contributed by atoms with Crippen LogP contribution in [0.2, 0.25) is 0 Å². The summed E-state index contributed by atoms with van der Waals surface area (Å²) < 4.78 is 3.43. The minimum atomic E-state index is -0.690. The molecule has 1 aliphatic rings. The number of carbonyl (C=O) groups excluding carboxylic acids is 1. The van der Waals surface area contributed by atoms with E-state index in [-0.39, 0.29) is 11.9 Å². The van der Waals surface area contributed by atoms with Crippen LogP contribution in [0.25, 0.3) is 11.0 Å². The lowest BCUT2D eigenvalue weighted by atomic mass is 9.92. The molecule has 0 saturated heterocycles. The largest absolute Gasteiger partial charge is 0.345 e. The van der Waals surface area contributed by atoms with E-state index in [9.17, 15) is 14.4 Å². The van der Waals surface area contributed by atoms with E-state index >= 15 is 0 Å². The first-order valence-corrected chi connectivity index (χ1v) is 11.2. The normalized spacial score (nSPS) is 15.4. The van der Waals surface area contributed by atoms with E-state index in [2.05, 4.69) is 27.5 Å². The van der Waals surface area contributed by atoms with Crippen molar-refractivity contribution in [2.75, 3.05) is 0 Å². The van der Waals surface area contributed by atoms with Gasteiger partial charge in [-0.05, 0) is 49.9 Å². The van der Waals surface area contributed by atoms with Crippen LogP contribution >= 0.6 is 0 Å². The maximum absolute atomic E-state index is 13.1. The van der Waals surface area contributed by atoms with Crippen molar-refractivity contribution < 1.29 is 4.79 Å². The first kappa shape index (κ1) is 20.9. The summed E-state index contributed by atoms with van der Waals surface area (Å²) >= 11 is 0. The summed E-state index contributed by atoms with van der Waals surface area (Å²) in [7, 11) is 0. The van der Waals surface area contributed by atoms with Crippen LogP contribution in [0.15, 0.2) is 64.3 Å². The fraction of sp³-hybridized carbons (Fsp3) is 0.280. The summed E-state index contributed by atoms with van der Waals surface area (Å²) in [5.41, 5.74) is 3.61. The van der Waals surface area contributed by atoms with Gasteiger partial charge in [-0.3, -0.25) is 19.1 Å². The van der Waals surface area contributed by atoms with Crippen molar-refractivity contribution >= 4 is 16.9 Å². The van der Waals surface area contributed by atoms with Gasteiger partial charge in [-0.1, -0.05) is 30.3 Å². The van der Waals surface area contributed by atoms with Gasteiger partial charge in [0.15, 0.2) is 0 Å². The Hall–Kier alpha value is -3.94. The molecule has 0 bridgehead atoms. The Morgan fingerprint density at radius 1 is 1.18 bits per heavy atom. The van der Waals surface area contributed by atoms with E-state index in [1.807, 2.05) is 29.1 Å². The number of aromatic nitrogens is 4. The summed E-state index contributed by atoms with van der Waals surface area (Å²) in [6.07, 6.45) is 4.60. The van der Waals surface area contributed by atoms with Gasteiger partial charge < -0.3 is 14.9 Å². The number of fused-ring (bicyclic) bond motifs is 2. The number of hydrogen-bond donors (Lipinski definition) is 2. The second kappa shape index (κ2) is 8.54. The zero-order valence-corrected chi connectivity index (χ0v) is 18.4. The number of amides is 1. The van der Waals surface area contributed by atoms with Gasteiger partial charge in [0.1, 0.15) is 0 Å². The van der Waals surface area contributed by atoms with Gasteiger partial charge in [-0.15, -0.1) is 0 Å². The Morgan fingerprint density at radius 3 is 2.79 bits per heavy atom. The molecule has 2 aromatic heterocycles. The highest BCUT2D eigenvalue weighted by Crippen LogP contribution is 2.30. The quantitative estimate of drug-likeness (QED) is 0.463. The van der Waals surface area contributed by atoms with E-state index in [1.165, 1.54) is 10.1 Å². The molecule has 8 nitrogen and oxygen atoms in total. The lowest BCUT2D eigenvalue weighted by Gasteiger charge is -2.24. The highest BCUT2D eigenvalue weighted by Gasteiger charge is 2.26. The molecule has 1 atom stereocenters. The van der Waals surface area contributed by atoms with E-state index < -0.39 is 11.1 Å². The van der Waals surface area contributed by atoms with Gasteiger partial charge in [0.05, 0.1) is 29.8 Å². The van der Waals surface area contributed by atoms with Crippen molar-refractivity contribution in [2.24, 2.45) is 0 Å². The number of carbonyl (C=O) groups is 1. The number of aromatic amines is 1. The molecule has 0 saturated carbocycles. The molecule has 5 rings (SSSR count). The molecule has 2 N–H and O–H groups in total. The Bertz CT molecular complexity index is 1450. The van der Waals surface area contributed by atoms with E-state index in [0.717, 1.165) is 30.5 Å². The minimum Gasteiger partial charge on any atom is -0.345 e. The second-order valence-electron chi connectivity index (χ2n) is 8.34. The number of nitrogens with zero attached hydrogens (tertiary/aromatic N) is 3. The second-order valence-corrected chi connectivity index (χ2v) is 8.34. The number of hydrogen-bond acceptors (Lipinski definition) is 4. The molecule has 1 unspecified atom stereocenters. The third kappa shape index (κ3) is 3.88. The molecule has 0 aliphatic heterocycles. The molecular formula is C25H25N5O3. The lowest BCUT2D eigenvalue weighted by Crippen LogP contribution is -2.36. The van der Waals surface area contributed by atoms with E-state index in [0.29, 0.717) is 29.7 Å². The average molecular weight is 444 g/mol. The van der Waals surface area contributed by atoms with Crippen LogP contribution in [0.4, 0.5) is 0 Å². The number of aryl methyl sites for hydroxylation is 1. The molecule has 8 heteroatoms. The van der Waals surface area contributed by atoms with Crippen LogP contribution in [-0.4, -0.2) is 25.2 Å². The fourth-order valence-corrected chi connectivity index (χ4v) is 4.64. The number of H-pyrrole nitrogens is 1. The minimum absolute atomic E-state index is 0.120. The molecule has 2 aromatic carbocycles. The zero-order valence-electron chi connectivity index (χ0n) is 18.4. The maximum atomic E-state index is 13.1.